The molecule has 0 bridgehead atoms. The quantitative estimate of drug-likeness (QED) is 0.855. The highest BCUT2D eigenvalue weighted by Crippen LogP contribution is 2.26. The molecule has 2 aromatic carbocycles. The fraction of sp³-hybridized carbons (Fsp3) is 0.0769. The van der Waals surface area contributed by atoms with Crippen molar-refractivity contribution in [2.24, 2.45) is 0 Å². The van der Waals surface area contributed by atoms with Gasteiger partial charge < -0.3 is 5.73 Å². The molecule has 0 aromatic heterocycles. The van der Waals surface area contributed by atoms with E-state index in [9.17, 15) is 8.42 Å². The Kier molecular flexibility index (Phi) is 3.68. The third-order valence-corrected chi connectivity index (χ3v) is 4.46. The molecule has 0 heterocycles. The molecule has 0 fully saturated rings. The Morgan fingerprint density at radius 2 is 1.84 bits per heavy atom. The maximum Gasteiger partial charge on any atom is 0.262 e. The zero-order valence-electron chi connectivity index (χ0n) is 10.2. The molecule has 6 heteroatoms. The van der Waals surface area contributed by atoms with Gasteiger partial charge in [-0.3, -0.25) is 4.72 Å². The van der Waals surface area contributed by atoms with Crippen molar-refractivity contribution in [2.45, 2.75) is 11.8 Å². The van der Waals surface area contributed by atoms with Crippen molar-refractivity contribution in [2.75, 3.05) is 10.5 Å². The molecular formula is C13H13ClN2O2S. The van der Waals surface area contributed by atoms with Crippen LogP contribution in [0.25, 0.3) is 0 Å². The van der Waals surface area contributed by atoms with E-state index in [1.807, 2.05) is 0 Å². The summed E-state index contributed by atoms with van der Waals surface area (Å²) < 4.78 is 27.1. The standard InChI is InChI=1S/C13H13ClN2O2S/c1-9-6-7-10(15)8-13(9)19(17,18)16-12-5-3-2-4-11(12)14/h2-8,16H,15H2,1H3. The Balaban J connectivity index is 2.44. The highest BCUT2D eigenvalue weighted by molar-refractivity contribution is 7.92. The molecule has 100 valence electrons. The first-order chi connectivity index (χ1) is 8.90. The molecule has 2 rings (SSSR count). The molecule has 0 aliphatic carbocycles. The number of benzene rings is 2. The third-order valence-electron chi connectivity index (χ3n) is 2.62. The number of halogens is 1. The van der Waals surface area contributed by atoms with Crippen molar-refractivity contribution in [3.8, 4) is 0 Å². The number of nitrogen functional groups attached to an aromatic ring is 1. The van der Waals surface area contributed by atoms with Crippen LogP contribution in [0.15, 0.2) is 47.4 Å². The molecule has 0 unspecified atom stereocenters. The third kappa shape index (κ3) is 3.00. The van der Waals surface area contributed by atoms with E-state index in [4.69, 9.17) is 17.3 Å². The highest BCUT2D eigenvalue weighted by atomic mass is 35.5. The molecule has 0 spiro atoms. The van der Waals surface area contributed by atoms with Gasteiger partial charge in [0, 0.05) is 5.69 Å². The Morgan fingerprint density at radius 3 is 2.53 bits per heavy atom. The maximum absolute atomic E-state index is 12.3. The average molecular weight is 297 g/mol. The Labute approximate surface area is 117 Å². The lowest BCUT2D eigenvalue weighted by atomic mass is 10.2. The molecule has 0 amide bonds. The van der Waals surface area contributed by atoms with E-state index < -0.39 is 10.0 Å². The van der Waals surface area contributed by atoms with Crippen LogP contribution in [0.2, 0.25) is 5.02 Å². The predicted octanol–water partition coefficient (Wildman–Crippen LogP) is 3.03. The van der Waals surface area contributed by atoms with Crippen LogP contribution in [0.5, 0.6) is 0 Å². The molecule has 2 aromatic rings. The van der Waals surface area contributed by atoms with E-state index in [-0.39, 0.29) is 4.90 Å². The summed E-state index contributed by atoms with van der Waals surface area (Å²) >= 11 is 5.94. The average Bonchev–Trinajstić information content (AvgIpc) is 2.35. The monoisotopic (exact) mass is 296 g/mol. The van der Waals surface area contributed by atoms with Gasteiger partial charge >= 0.3 is 0 Å². The first kappa shape index (κ1) is 13.7. The molecule has 19 heavy (non-hydrogen) atoms. The van der Waals surface area contributed by atoms with Crippen LogP contribution in [0.4, 0.5) is 11.4 Å². The summed E-state index contributed by atoms with van der Waals surface area (Å²) in [5, 5.41) is 0.340. The van der Waals surface area contributed by atoms with Gasteiger partial charge in [-0.15, -0.1) is 0 Å². The lowest BCUT2D eigenvalue weighted by Gasteiger charge is -2.12. The number of aryl methyl sites for hydroxylation is 1. The van der Waals surface area contributed by atoms with Gasteiger partial charge in [0.2, 0.25) is 0 Å². The largest absolute Gasteiger partial charge is 0.399 e. The molecular weight excluding hydrogens is 284 g/mol. The molecule has 0 radical (unpaired) electrons. The van der Waals surface area contributed by atoms with Crippen molar-refractivity contribution in [1.82, 2.24) is 0 Å². The van der Waals surface area contributed by atoms with Crippen LogP contribution >= 0.6 is 11.6 Å². The lowest BCUT2D eigenvalue weighted by molar-refractivity contribution is 0.600. The Morgan fingerprint density at radius 1 is 1.16 bits per heavy atom. The summed E-state index contributed by atoms with van der Waals surface area (Å²) in [6.45, 7) is 1.71. The van der Waals surface area contributed by atoms with Crippen molar-refractivity contribution in [3.05, 3.63) is 53.1 Å². The molecule has 3 N–H and O–H groups in total. The second-order valence-corrected chi connectivity index (χ2v) is 6.17. The van der Waals surface area contributed by atoms with Gasteiger partial charge in [-0.1, -0.05) is 29.8 Å². The first-order valence-electron chi connectivity index (χ1n) is 5.53. The number of nitrogens with one attached hydrogen (secondary N) is 1. The van der Waals surface area contributed by atoms with E-state index in [2.05, 4.69) is 4.72 Å². The number of rotatable bonds is 3. The molecule has 0 aliphatic rings. The first-order valence-corrected chi connectivity index (χ1v) is 7.40. The number of sulfonamides is 1. The van der Waals surface area contributed by atoms with Crippen LogP contribution in [0.3, 0.4) is 0 Å². The number of hydrogen-bond donors (Lipinski definition) is 2. The minimum Gasteiger partial charge on any atom is -0.399 e. The van der Waals surface area contributed by atoms with Gasteiger partial charge in [-0.25, -0.2) is 8.42 Å². The summed E-state index contributed by atoms with van der Waals surface area (Å²) in [6.07, 6.45) is 0. The fourth-order valence-electron chi connectivity index (χ4n) is 1.65. The maximum atomic E-state index is 12.3. The van der Waals surface area contributed by atoms with E-state index in [1.165, 1.54) is 6.07 Å². The topological polar surface area (TPSA) is 72.2 Å². The zero-order chi connectivity index (χ0) is 14.0. The molecule has 0 saturated heterocycles. The SMILES string of the molecule is Cc1ccc(N)cc1S(=O)(=O)Nc1ccccc1Cl. The van der Waals surface area contributed by atoms with Crippen LogP contribution in [0, 0.1) is 6.92 Å². The van der Waals surface area contributed by atoms with Crippen LogP contribution in [-0.2, 0) is 10.0 Å². The number of hydrogen-bond acceptors (Lipinski definition) is 3. The van der Waals surface area contributed by atoms with Crippen LogP contribution in [-0.4, -0.2) is 8.42 Å². The Bertz CT molecular complexity index is 714. The number of para-hydroxylation sites is 1. The predicted molar refractivity (Wildman–Crippen MR) is 77.9 cm³/mol. The minimum atomic E-state index is -3.70. The van der Waals surface area contributed by atoms with Gasteiger partial charge in [-0.2, -0.15) is 0 Å². The molecule has 0 atom stereocenters. The number of anilines is 2. The van der Waals surface area contributed by atoms with E-state index >= 15 is 0 Å². The van der Waals surface area contributed by atoms with Gasteiger partial charge in [0.25, 0.3) is 10.0 Å². The molecule has 4 nitrogen and oxygen atoms in total. The van der Waals surface area contributed by atoms with Crippen molar-refractivity contribution in [3.63, 3.8) is 0 Å². The highest BCUT2D eigenvalue weighted by Gasteiger charge is 2.18. The molecule has 0 aliphatic heterocycles. The smallest absolute Gasteiger partial charge is 0.262 e. The van der Waals surface area contributed by atoms with Gasteiger partial charge in [0.05, 0.1) is 15.6 Å². The van der Waals surface area contributed by atoms with Crippen molar-refractivity contribution < 1.29 is 8.42 Å². The van der Waals surface area contributed by atoms with Gasteiger partial charge in [-0.05, 0) is 36.8 Å². The number of nitrogens with two attached hydrogens (primary N) is 1. The minimum absolute atomic E-state index is 0.146. The summed E-state index contributed by atoms with van der Waals surface area (Å²) in [5.41, 5.74) is 6.98. The van der Waals surface area contributed by atoms with Crippen molar-refractivity contribution in [1.29, 1.82) is 0 Å². The Hall–Kier alpha value is -1.72. The molecule has 0 saturated carbocycles. The van der Waals surface area contributed by atoms with E-state index in [0.717, 1.165) is 0 Å². The second-order valence-electron chi connectivity index (χ2n) is 4.11. The van der Waals surface area contributed by atoms with Gasteiger partial charge in [0.1, 0.15) is 0 Å². The fourth-order valence-corrected chi connectivity index (χ4v) is 3.25. The summed E-state index contributed by atoms with van der Waals surface area (Å²) in [6, 6.07) is 11.4. The van der Waals surface area contributed by atoms with Crippen molar-refractivity contribution >= 4 is 33.0 Å². The van der Waals surface area contributed by atoms with E-state index in [1.54, 1.807) is 43.3 Å². The van der Waals surface area contributed by atoms with Crippen LogP contribution in [0.1, 0.15) is 5.56 Å². The summed E-state index contributed by atoms with van der Waals surface area (Å²) in [5.74, 6) is 0. The van der Waals surface area contributed by atoms with Gasteiger partial charge in [0.15, 0.2) is 0 Å². The summed E-state index contributed by atoms with van der Waals surface area (Å²) in [7, 11) is -3.70. The normalized spacial score (nSPS) is 11.3. The zero-order valence-corrected chi connectivity index (χ0v) is 11.8. The second kappa shape index (κ2) is 5.11. The van der Waals surface area contributed by atoms with E-state index in [0.29, 0.717) is 22.0 Å². The van der Waals surface area contributed by atoms with Crippen LogP contribution < -0.4 is 10.5 Å². The summed E-state index contributed by atoms with van der Waals surface area (Å²) in [4.78, 5) is 0.146. The lowest BCUT2D eigenvalue weighted by Crippen LogP contribution is -2.14.